The first kappa shape index (κ1) is 27.2. The number of piperidine rings is 1. The molecule has 39 heavy (non-hydrogen) atoms. The van der Waals surface area contributed by atoms with Crippen molar-refractivity contribution in [1.29, 1.82) is 0 Å². The van der Waals surface area contributed by atoms with Crippen LogP contribution in [0.3, 0.4) is 0 Å². The Morgan fingerprint density at radius 1 is 0.923 bits per heavy atom. The molecule has 0 radical (unpaired) electrons. The van der Waals surface area contributed by atoms with Crippen molar-refractivity contribution in [1.82, 2.24) is 19.6 Å². The number of hydrogen-bond donors (Lipinski definition) is 0. The molecular formula is C30H34ClFN4O3. The highest BCUT2D eigenvalue weighted by Gasteiger charge is 2.35. The van der Waals surface area contributed by atoms with E-state index in [4.69, 9.17) is 16.3 Å². The maximum atomic E-state index is 13.9. The molecule has 9 heteroatoms. The Morgan fingerprint density at radius 3 is 2.18 bits per heavy atom. The Morgan fingerprint density at radius 2 is 1.54 bits per heavy atom. The average Bonchev–Trinajstić information content (AvgIpc) is 3.57. The summed E-state index contributed by atoms with van der Waals surface area (Å²) >= 11 is 6.13. The van der Waals surface area contributed by atoms with Crippen molar-refractivity contribution in [2.75, 3.05) is 26.2 Å². The van der Waals surface area contributed by atoms with Crippen LogP contribution in [0.2, 0.25) is 5.02 Å². The number of amides is 2. The number of carbonyl (C=O) groups is 2. The number of aromatic nitrogens is 2. The molecule has 2 aliphatic heterocycles. The molecule has 206 valence electrons. The van der Waals surface area contributed by atoms with Gasteiger partial charge in [0.15, 0.2) is 0 Å². The van der Waals surface area contributed by atoms with Gasteiger partial charge in [0.2, 0.25) is 0 Å². The van der Waals surface area contributed by atoms with Gasteiger partial charge in [0.05, 0.1) is 23.1 Å². The molecular weight excluding hydrogens is 519 g/mol. The fraction of sp³-hybridized carbons (Fsp3) is 0.433. The molecule has 2 amide bonds. The molecule has 0 bridgehead atoms. The second-order valence-corrected chi connectivity index (χ2v) is 11.8. The van der Waals surface area contributed by atoms with E-state index in [1.165, 1.54) is 12.1 Å². The Balaban J connectivity index is 1.39. The van der Waals surface area contributed by atoms with Crippen LogP contribution in [0, 0.1) is 5.82 Å². The maximum Gasteiger partial charge on any atom is 0.410 e. The predicted octanol–water partition coefficient (Wildman–Crippen LogP) is 6.41. The maximum absolute atomic E-state index is 13.9. The SMILES string of the molecule is CC(C)(C)OC(=O)N1CCC(c2c(C(=O)N3CC[C@H](c4ccc(F)cc4)C3)cnn2-c2ccc(Cl)cc2)CC1. The van der Waals surface area contributed by atoms with E-state index in [-0.39, 0.29) is 29.7 Å². The average molecular weight is 553 g/mol. The number of carbonyl (C=O) groups excluding carboxylic acids is 2. The van der Waals surface area contributed by atoms with Gasteiger partial charge in [0, 0.05) is 43.0 Å². The number of likely N-dealkylation sites (tertiary alicyclic amines) is 2. The summed E-state index contributed by atoms with van der Waals surface area (Å²) in [5.74, 6) is -0.108. The smallest absolute Gasteiger partial charge is 0.410 e. The van der Waals surface area contributed by atoms with Crippen LogP contribution in [0.4, 0.5) is 9.18 Å². The van der Waals surface area contributed by atoms with Gasteiger partial charge in [-0.1, -0.05) is 23.7 Å². The summed E-state index contributed by atoms with van der Waals surface area (Å²) in [5.41, 5.74) is 2.76. The van der Waals surface area contributed by atoms with Gasteiger partial charge in [0.25, 0.3) is 5.91 Å². The topological polar surface area (TPSA) is 67.7 Å². The van der Waals surface area contributed by atoms with Crippen molar-refractivity contribution < 1.29 is 18.7 Å². The minimum atomic E-state index is -0.553. The molecule has 3 aromatic rings. The molecule has 5 rings (SSSR count). The van der Waals surface area contributed by atoms with Crippen molar-refractivity contribution in [2.45, 2.75) is 57.5 Å². The third kappa shape index (κ3) is 6.11. The minimum absolute atomic E-state index is 0.0383. The Kier molecular flexibility index (Phi) is 7.67. The zero-order valence-corrected chi connectivity index (χ0v) is 23.3. The molecule has 0 unspecified atom stereocenters. The van der Waals surface area contributed by atoms with Gasteiger partial charge in [-0.25, -0.2) is 13.9 Å². The van der Waals surface area contributed by atoms with Gasteiger partial charge in [-0.3, -0.25) is 4.79 Å². The van der Waals surface area contributed by atoms with E-state index < -0.39 is 5.60 Å². The lowest BCUT2D eigenvalue weighted by Crippen LogP contribution is -2.41. The van der Waals surface area contributed by atoms with Crippen LogP contribution in [0.5, 0.6) is 0 Å². The second kappa shape index (κ2) is 11.0. The molecule has 2 aliphatic rings. The lowest BCUT2D eigenvalue weighted by atomic mass is 9.90. The van der Waals surface area contributed by atoms with Crippen molar-refractivity contribution in [2.24, 2.45) is 0 Å². The number of ether oxygens (including phenoxy) is 1. The van der Waals surface area contributed by atoms with E-state index in [0.29, 0.717) is 49.6 Å². The molecule has 2 saturated heterocycles. The molecule has 0 N–H and O–H groups in total. The van der Waals surface area contributed by atoms with Gasteiger partial charge in [-0.15, -0.1) is 0 Å². The number of benzene rings is 2. The minimum Gasteiger partial charge on any atom is -0.444 e. The molecule has 0 saturated carbocycles. The van der Waals surface area contributed by atoms with Gasteiger partial charge >= 0.3 is 6.09 Å². The van der Waals surface area contributed by atoms with Crippen LogP contribution < -0.4 is 0 Å². The fourth-order valence-corrected chi connectivity index (χ4v) is 5.61. The number of rotatable bonds is 4. The lowest BCUT2D eigenvalue weighted by Gasteiger charge is -2.34. The van der Waals surface area contributed by atoms with E-state index in [2.05, 4.69) is 5.10 Å². The van der Waals surface area contributed by atoms with Gasteiger partial charge < -0.3 is 14.5 Å². The summed E-state index contributed by atoms with van der Waals surface area (Å²) in [5, 5.41) is 5.28. The molecule has 3 heterocycles. The van der Waals surface area contributed by atoms with Crippen LogP contribution >= 0.6 is 11.6 Å². The van der Waals surface area contributed by atoms with Crippen LogP contribution in [0.25, 0.3) is 5.69 Å². The summed E-state index contributed by atoms with van der Waals surface area (Å²) in [6.07, 6.45) is 3.56. The molecule has 7 nitrogen and oxygen atoms in total. The van der Waals surface area contributed by atoms with Gasteiger partial charge in [0.1, 0.15) is 11.4 Å². The van der Waals surface area contributed by atoms with Gasteiger partial charge in [-0.05, 0) is 82.0 Å². The largest absolute Gasteiger partial charge is 0.444 e. The quantitative estimate of drug-likeness (QED) is 0.375. The van der Waals surface area contributed by atoms with Crippen LogP contribution in [-0.2, 0) is 4.74 Å². The fourth-order valence-electron chi connectivity index (χ4n) is 5.49. The summed E-state index contributed by atoms with van der Waals surface area (Å²) in [6, 6.07) is 13.9. The monoisotopic (exact) mass is 552 g/mol. The Hall–Kier alpha value is -3.39. The highest BCUT2D eigenvalue weighted by atomic mass is 35.5. The van der Waals surface area contributed by atoms with Crippen LogP contribution in [-0.4, -0.2) is 63.4 Å². The second-order valence-electron chi connectivity index (χ2n) is 11.4. The summed E-state index contributed by atoms with van der Waals surface area (Å²) in [4.78, 5) is 30.1. The van der Waals surface area contributed by atoms with E-state index in [0.717, 1.165) is 23.4 Å². The molecule has 1 aromatic heterocycles. The lowest BCUT2D eigenvalue weighted by molar-refractivity contribution is 0.0203. The molecule has 1 atom stereocenters. The van der Waals surface area contributed by atoms with Crippen LogP contribution in [0.1, 0.15) is 73.5 Å². The highest BCUT2D eigenvalue weighted by molar-refractivity contribution is 6.30. The predicted molar refractivity (Wildman–Crippen MR) is 148 cm³/mol. The summed E-state index contributed by atoms with van der Waals surface area (Å²) in [7, 11) is 0. The van der Waals surface area contributed by atoms with E-state index in [1.807, 2.05) is 54.6 Å². The van der Waals surface area contributed by atoms with E-state index in [1.54, 1.807) is 23.2 Å². The normalized spacial score (nSPS) is 18.4. The van der Waals surface area contributed by atoms with Crippen molar-refractivity contribution in [3.63, 3.8) is 0 Å². The highest BCUT2D eigenvalue weighted by Crippen LogP contribution is 2.35. The third-order valence-electron chi connectivity index (χ3n) is 7.46. The molecule has 0 spiro atoms. The zero-order valence-electron chi connectivity index (χ0n) is 22.6. The van der Waals surface area contributed by atoms with Crippen molar-refractivity contribution in [3.05, 3.63) is 82.4 Å². The Labute approximate surface area is 233 Å². The molecule has 2 fully saturated rings. The first-order valence-corrected chi connectivity index (χ1v) is 13.8. The standard InChI is InChI=1S/C30H34ClFN4O3/c1-30(2,3)39-29(38)34-15-12-21(13-16-34)27-26(18-33-36(27)25-10-6-23(31)7-11-25)28(37)35-17-14-22(19-35)20-4-8-24(32)9-5-20/h4-11,18,21-22H,12-17,19H2,1-3H3/t22-/m0/s1. The van der Waals surface area contributed by atoms with Crippen molar-refractivity contribution in [3.8, 4) is 5.69 Å². The molecule has 2 aromatic carbocycles. The number of nitrogens with zero attached hydrogens (tertiary/aromatic N) is 4. The number of hydrogen-bond acceptors (Lipinski definition) is 4. The number of halogens is 2. The van der Waals surface area contributed by atoms with Crippen LogP contribution in [0.15, 0.2) is 54.7 Å². The zero-order chi connectivity index (χ0) is 27.7. The summed E-state index contributed by atoms with van der Waals surface area (Å²) in [6.45, 7) is 7.86. The Bertz CT molecular complexity index is 1330. The first-order valence-electron chi connectivity index (χ1n) is 13.5. The van der Waals surface area contributed by atoms with E-state index >= 15 is 0 Å². The molecule has 0 aliphatic carbocycles. The first-order chi connectivity index (χ1) is 18.6. The third-order valence-corrected chi connectivity index (χ3v) is 7.71. The van der Waals surface area contributed by atoms with E-state index in [9.17, 15) is 14.0 Å². The van der Waals surface area contributed by atoms with Gasteiger partial charge in [-0.2, -0.15) is 5.10 Å². The van der Waals surface area contributed by atoms with Crippen molar-refractivity contribution >= 4 is 23.6 Å². The summed E-state index contributed by atoms with van der Waals surface area (Å²) < 4.78 is 20.8.